The normalized spacial score (nSPS) is 23.8. The smallest absolute Gasteiger partial charge is 0.331 e. The Kier molecular flexibility index (Phi) is 8.92. The summed E-state index contributed by atoms with van der Waals surface area (Å²) >= 11 is 0. The Hall–Kier alpha value is -3.74. The fraction of sp³-hybridized carbons (Fsp3) is 0.379. The number of phenolic OH excluding ortho intramolecular Hbond substituents is 1. The zero-order valence-electron chi connectivity index (χ0n) is 22.2. The molecular formula is C29H32O11. The molecule has 0 radical (unpaired) electrons. The number of hydrogen-bond acceptors (Lipinski definition) is 11. The van der Waals surface area contributed by atoms with E-state index in [9.17, 15) is 35.1 Å². The van der Waals surface area contributed by atoms with Gasteiger partial charge in [-0.1, -0.05) is 12.1 Å². The minimum atomic E-state index is -1.70. The third kappa shape index (κ3) is 6.03. The summed E-state index contributed by atoms with van der Waals surface area (Å²) < 4.78 is 23.2. The van der Waals surface area contributed by atoms with E-state index in [2.05, 4.69) is 0 Å². The Morgan fingerprint density at radius 2 is 1.85 bits per heavy atom. The summed E-state index contributed by atoms with van der Waals surface area (Å²) in [5.41, 5.74) is 0.876. The maximum absolute atomic E-state index is 13.1. The standard InChI is InChI=1S/C29H32O11/c1-14-10-20(37-3)24(27-23(14)19(33)12-18(38-27)11-15(2)31)28-29(26(36)25(35)21(13-30)39-28)40-22(34)9-6-16-4-7-17(32)8-5-16/h4-10,12,15,21,25-26,28-32,35-36H,11,13H2,1-3H3/b9-6-/t15-,21-,25-,26+,28+,29-/m1/s1. The molecule has 1 saturated heterocycles. The van der Waals surface area contributed by atoms with Gasteiger partial charge < -0.3 is 44.2 Å². The van der Waals surface area contributed by atoms with Crippen LogP contribution in [0.3, 0.4) is 0 Å². The number of carbonyl (C=O) groups is 1. The van der Waals surface area contributed by atoms with Crippen LogP contribution in [-0.4, -0.2) is 75.7 Å². The summed E-state index contributed by atoms with van der Waals surface area (Å²) in [5, 5.41) is 51.0. The number of rotatable bonds is 8. The van der Waals surface area contributed by atoms with Crippen molar-refractivity contribution in [2.75, 3.05) is 13.7 Å². The van der Waals surface area contributed by atoms with Gasteiger partial charge in [0, 0.05) is 18.6 Å². The van der Waals surface area contributed by atoms with Crippen molar-refractivity contribution in [1.29, 1.82) is 0 Å². The molecule has 5 N–H and O–H groups in total. The van der Waals surface area contributed by atoms with Gasteiger partial charge in [-0.05, 0) is 49.2 Å². The predicted molar refractivity (Wildman–Crippen MR) is 143 cm³/mol. The summed E-state index contributed by atoms with van der Waals surface area (Å²) in [4.78, 5) is 26.0. The molecule has 0 amide bonds. The second kappa shape index (κ2) is 12.2. The molecule has 1 aliphatic heterocycles. The van der Waals surface area contributed by atoms with E-state index < -0.39 is 54.6 Å². The maximum Gasteiger partial charge on any atom is 0.331 e. The Balaban J connectivity index is 1.83. The van der Waals surface area contributed by atoms with Crippen LogP contribution in [0.2, 0.25) is 0 Å². The predicted octanol–water partition coefficient (Wildman–Crippen LogP) is 1.52. The summed E-state index contributed by atoms with van der Waals surface area (Å²) in [6.45, 7) is 2.55. The monoisotopic (exact) mass is 556 g/mol. The van der Waals surface area contributed by atoms with Crippen molar-refractivity contribution in [3.63, 3.8) is 0 Å². The highest BCUT2D eigenvalue weighted by atomic mass is 16.6. The zero-order chi connectivity index (χ0) is 29.1. The number of aliphatic hydroxyl groups is 4. The molecule has 2 heterocycles. The number of carbonyl (C=O) groups excluding carboxylic acids is 1. The molecule has 1 aliphatic rings. The minimum Gasteiger partial charge on any atom is -0.508 e. The third-order valence-corrected chi connectivity index (χ3v) is 6.68. The van der Waals surface area contributed by atoms with Crippen LogP contribution < -0.4 is 10.2 Å². The van der Waals surface area contributed by atoms with Gasteiger partial charge in [0.05, 0.1) is 30.8 Å². The number of fused-ring (bicyclic) bond motifs is 1. The van der Waals surface area contributed by atoms with Crippen LogP contribution in [0.4, 0.5) is 0 Å². The Labute approximate surface area is 229 Å². The molecule has 3 aromatic rings. The van der Waals surface area contributed by atoms with Gasteiger partial charge in [0.15, 0.2) is 11.5 Å². The molecule has 1 fully saturated rings. The molecule has 11 nitrogen and oxygen atoms in total. The molecule has 6 atom stereocenters. The molecule has 4 rings (SSSR count). The van der Waals surface area contributed by atoms with Crippen LogP contribution in [0.25, 0.3) is 17.0 Å². The van der Waals surface area contributed by atoms with Gasteiger partial charge in [-0.2, -0.15) is 0 Å². The van der Waals surface area contributed by atoms with Gasteiger partial charge in [-0.25, -0.2) is 4.79 Å². The highest BCUT2D eigenvalue weighted by molar-refractivity contribution is 5.88. The van der Waals surface area contributed by atoms with Crippen LogP contribution in [0.1, 0.15) is 35.5 Å². The number of aromatic hydroxyl groups is 1. The van der Waals surface area contributed by atoms with Crippen LogP contribution in [-0.2, 0) is 20.7 Å². The van der Waals surface area contributed by atoms with E-state index in [0.29, 0.717) is 11.1 Å². The Morgan fingerprint density at radius 1 is 1.15 bits per heavy atom. The molecule has 0 aliphatic carbocycles. The SMILES string of the molecule is COc1cc(C)c2c(=O)cc(C[C@@H](C)O)oc2c1[C@@H]1O[C@H](CO)[C@@H](O)[C@H](O)[C@H]1OC(=O)/C=C\c1ccc(O)cc1. The van der Waals surface area contributed by atoms with Gasteiger partial charge in [0.1, 0.15) is 47.3 Å². The molecule has 40 heavy (non-hydrogen) atoms. The van der Waals surface area contributed by atoms with Crippen LogP contribution in [0, 0.1) is 6.92 Å². The highest BCUT2D eigenvalue weighted by Gasteiger charge is 2.49. The minimum absolute atomic E-state index is 0.0333. The maximum atomic E-state index is 13.1. The van der Waals surface area contributed by atoms with Gasteiger partial charge in [0.25, 0.3) is 0 Å². The largest absolute Gasteiger partial charge is 0.508 e. The van der Waals surface area contributed by atoms with E-state index in [4.69, 9.17) is 18.6 Å². The number of benzene rings is 2. The first-order chi connectivity index (χ1) is 19.0. The zero-order valence-corrected chi connectivity index (χ0v) is 22.2. The van der Waals surface area contributed by atoms with Crippen molar-refractivity contribution < 1.29 is 49.0 Å². The van der Waals surface area contributed by atoms with Crippen LogP contribution >= 0.6 is 0 Å². The average molecular weight is 557 g/mol. The lowest BCUT2D eigenvalue weighted by Crippen LogP contribution is -2.56. The van der Waals surface area contributed by atoms with Crippen molar-refractivity contribution in [1.82, 2.24) is 0 Å². The number of esters is 1. The summed E-state index contributed by atoms with van der Waals surface area (Å²) in [6.07, 6.45) is -5.68. The average Bonchev–Trinajstić information content (AvgIpc) is 2.90. The summed E-state index contributed by atoms with van der Waals surface area (Å²) in [6, 6.07) is 8.89. The number of hydrogen-bond donors (Lipinski definition) is 5. The molecule has 2 aromatic carbocycles. The van der Waals surface area contributed by atoms with E-state index in [1.807, 2.05) is 0 Å². The first-order valence-corrected chi connectivity index (χ1v) is 12.7. The van der Waals surface area contributed by atoms with Crippen molar-refractivity contribution in [3.05, 3.63) is 75.1 Å². The fourth-order valence-corrected chi connectivity index (χ4v) is 4.77. The summed E-state index contributed by atoms with van der Waals surface area (Å²) in [5.74, 6) is -0.456. The van der Waals surface area contributed by atoms with E-state index in [0.717, 1.165) is 6.08 Å². The third-order valence-electron chi connectivity index (χ3n) is 6.68. The molecular weight excluding hydrogens is 524 g/mol. The van der Waals surface area contributed by atoms with Gasteiger partial charge >= 0.3 is 5.97 Å². The first kappa shape index (κ1) is 29.2. The second-order valence-corrected chi connectivity index (χ2v) is 9.73. The highest BCUT2D eigenvalue weighted by Crippen LogP contribution is 2.43. The second-order valence-electron chi connectivity index (χ2n) is 9.73. The number of methoxy groups -OCH3 is 1. The number of aryl methyl sites for hydroxylation is 1. The molecule has 1 aromatic heterocycles. The van der Waals surface area contributed by atoms with Crippen molar-refractivity contribution in [3.8, 4) is 11.5 Å². The molecule has 0 saturated carbocycles. The quantitative estimate of drug-likeness (QED) is 0.201. The van der Waals surface area contributed by atoms with Crippen LogP contribution in [0.5, 0.6) is 11.5 Å². The lowest BCUT2D eigenvalue weighted by Gasteiger charge is -2.42. The van der Waals surface area contributed by atoms with Crippen molar-refractivity contribution in [2.45, 2.75) is 56.9 Å². The van der Waals surface area contributed by atoms with Crippen LogP contribution in [0.15, 0.2) is 51.7 Å². The van der Waals surface area contributed by atoms with E-state index in [1.165, 1.54) is 38.3 Å². The number of aliphatic hydroxyl groups excluding tert-OH is 4. The molecule has 11 heteroatoms. The number of ether oxygens (including phenoxy) is 3. The molecule has 0 spiro atoms. The summed E-state index contributed by atoms with van der Waals surface area (Å²) in [7, 11) is 1.38. The van der Waals surface area contributed by atoms with E-state index in [-0.39, 0.29) is 40.2 Å². The first-order valence-electron chi connectivity index (χ1n) is 12.7. The topological polar surface area (TPSA) is 176 Å². The lowest BCUT2D eigenvalue weighted by molar-refractivity contribution is -0.239. The van der Waals surface area contributed by atoms with Gasteiger partial charge in [-0.3, -0.25) is 4.79 Å². The van der Waals surface area contributed by atoms with Crippen molar-refractivity contribution in [2.24, 2.45) is 0 Å². The lowest BCUT2D eigenvalue weighted by atomic mass is 9.89. The molecule has 0 unspecified atom stereocenters. The van der Waals surface area contributed by atoms with Crippen molar-refractivity contribution >= 4 is 23.0 Å². The van der Waals surface area contributed by atoms with Gasteiger partial charge in [-0.15, -0.1) is 0 Å². The van der Waals surface area contributed by atoms with Gasteiger partial charge in [0.2, 0.25) is 0 Å². The fourth-order valence-electron chi connectivity index (χ4n) is 4.77. The Morgan fingerprint density at radius 3 is 2.48 bits per heavy atom. The van der Waals surface area contributed by atoms with E-state index in [1.54, 1.807) is 25.1 Å². The molecule has 214 valence electrons. The van der Waals surface area contributed by atoms with E-state index >= 15 is 0 Å². The Bertz CT molecular complexity index is 1440. The number of phenols is 1. The molecule has 0 bridgehead atoms.